The molecule has 0 aliphatic carbocycles. The molecule has 1 atom stereocenters. The highest BCUT2D eigenvalue weighted by Crippen LogP contribution is 2.26. The molecule has 0 saturated carbocycles. The van der Waals surface area contributed by atoms with Crippen LogP contribution < -0.4 is 15.0 Å². The number of halogens is 2. The summed E-state index contributed by atoms with van der Waals surface area (Å²) in [5, 5.41) is 3.86. The second kappa shape index (κ2) is 8.22. The highest BCUT2D eigenvalue weighted by Gasteiger charge is 2.25. The van der Waals surface area contributed by atoms with Crippen molar-refractivity contribution in [2.45, 2.75) is 13.0 Å². The summed E-state index contributed by atoms with van der Waals surface area (Å²) in [5.41, 5.74) is 1.94. The van der Waals surface area contributed by atoms with Crippen LogP contribution in [0.1, 0.15) is 6.92 Å². The van der Waals surface area contributed by atoms with E-state index >= 15 is 0 Å². The molecule has 1 heterocycles. The largest absolute Gasteiger partial charge is 0.497 e. The summed E-state index contributed by atoms with van der Waals surface area (Å²) in [7, 11) is 1.67. The molecule has 7 heteroatoms. The predicted octanol–water partition coefficient (Wildman–Crippen LogP) is 4.50. The lowest BCUT2D eigenvalue weighted by Gasteiger charge is -2.42. The Labute approximate surface area is 167 Å². The van der Waals surface area contributed by atoms with Gasteiger partial charge in [-0.3, -0.25) is 0 Å². The molecule has 138 valence electrons. The van der Waals surface area contributed by atoms with E-state index in [0.29, 0.717) is 15.6 Å². The minimum absolute atomic E-state index is 0.282. The summed E-state index contributed by atoms with van der Waals surface area (Å²) in [6.07, 6.45) is 0. The topological polar surface area (TPSA) is 27.7 Å². The van der Waals surface area contributed by atoms with E-state index in [-0.39, 0.29) is 5.82 Å². The Hall–Kier alpha value is -1.86. The quantitative estimate of drug-likeness (QED) is 0.713. The van der Waals surface area contributed by atoms with Crippen molar-refractivity contribution in [3.05, 3.63) is 52.8 Å². The molecule has 3 rings (SSSR count). The summed E-state index contributed by atoms with van der Waals surface area (Å²) >= 11 is 8.92. The van der Waals surface area contributed by atoms with Gasteiger partial charge in [-0.2, -0.15) is 0 Å². The number of benzene rings is 2. The van der Waals surface area contributed by atoms with Crippen molar-refractivity contribution < 1.29 is 9.13 Å². The highest BCUT2D eigenvalue weighted by atomic mass is 79.9. The lowest BCUT2D eigenvalue weighted by molar-refractivity contribution is 0.342. The Kier molecular flexibility index (Phi) is 5.98. The first-order valence-corrected chi connectivity index (χ1v) is 9.59. The zero-order chi connectivity index (χ0) is 18.7. The van der Waals surface area contributed by atoms with Gasteiger partial charge >= 0.3 is 0 Å². The van der Waals surface area contributed by atoms with E-state index in [1.54, 1.807) is 13.2 Å². The number of ether oxygens (including phenoxy) is 1. The van der Waals surface area contributed by atoms with Gasteiger partial charge in [0.15, 0.2) is 5.11 Å². The van der Waals surface area contributed by atoms with E-state index < -0.39 is 0 Å². The van der Waals surface area contributed by atoms with Crippen LogP contribution in [-0.2, 0) is 0 Å². The summed E-state index contributed by atoms with van der Waals surface area (Å²) in [6.45, 7) is 4.70. The van der Waals surface area contributed by atoms with Crippen molar-refractivity contribution in [1.29, 1.82) is 0 Å². The van der Waals surface area contributed by atoms with Crippen LogP contribution in [0.5, 0.6) is 5.75 Å². The fourth-order valence-electron chi connectivity index (χ4n) is 3.08. The second-order valence-electron chi connectivity index (χ2n) is 6.24. The summed E-state index contributed by atoms with van der Waals surface area (Å²) < 4.78 is 19.1. The number of methoxy groups -OCH3 is 1. The summed E-state index contributed by atoms with van der Waals surface area (Å²) in [4.78, 5) is 4.52. The first-order chi connectivity index (χ1) is 12.5. The van der Waals surface area contributed by atoms with E-state index in [4.69, 9.17) is 17.0 Å². The molecule has 0 spiro atoms. The zero-order valence-corrected chi connectivity index (χ0v) is 17.1. The molecular weight excluding hydrogens is 417 g/mol. The van der Waals surface area contributed by atoms with Gasteiger partial charge in [-0.05, 0) is 77.5 Å². The third kappa shape index (κ3) is 4.27. The lowest BCUT2D eigenvalue weighted by Crippen LogP contribution is -2.54. The Bertz CT molecular complexity index is 787. The molecular formula is C19H21BrFN3OS. The van der Waals surface area contributed by atoms with Gasteiger partial charge in [0.2, 0.25) is 0 Å². The molecule has 4 nitrogen and oxygen atoms in total. The van der Waals surface area contributed by atoms with Crippen molar-refractivity contribution in [3.8, 4) is 5.75 Å². The maximum Gasteiger partial charge on any atom is 0.173 e. The average Bonchev–Trinajstić information content (AvgIpc) is 2.64. The standard InChI is InChI=1S/C19H21BrFN3OS/c1-13-12-23(19(26)22-18-8-3-14(21)11-17(18)20)9-10-24(13)15-4-6-16(25-2)7-5-15/h3-8,11,13H,9-10,12H2,1-2H3,(H,22,26). The van der Waals surface area contributed by atoms with Gasteiger partial charge in [-0.15, -0.1) is 0 Å². The van der Waals surface area contributed by atoms with Crippen molar-refractivity contribution in [1.82, 2.24) is 4.90 Å². The molecule has 2 aromatic carbocycles. The predicted molar refractivity (Wildman–Crippen MR) is 112 cm³/mol. The number of hydrogen-bond donors (Lipinski definition) is 1. The Morgan fingerprint density at radius 2 is 1.96 bits per heavy atom. The fraction of sp³-hybridized carbons (Fsp3) is 0.316. The van der Waals surface area contributed by atoms with E-state index in [0.717, 1.165) is 31.1 Å². The van der Waals surface area contributed by atoms with Crippen LogP contribution >= 0.6 is 28.1 Å². The molecule has 0 radical (unpaired) electrons. The molecule has 1 saturated heterocycles. The number of hydrogen-bond acceptors (Lipinski definition) is 3. The van der Waals surface area contributed by atoms with Crippen LogP contribution in [0.15, 0.2) is 46.9 Å². The number of nitrogens with one attached hydrogen (secondary N) is 1. The molecule has 1 aliphatic heterocycles. The minimum atomic E-state index is -0.282. The molecule has 0 bridgehead atoms. The Morgan fingerprint density at radius 1 is 1.23 bits per heavy atom. The van der Waals surface area contributed by atoms with E-state index in [1.807, 2.05) is 12.1 Å². The number of piperazine rings is 1. The Balaban J connectivity index is 1.63. The normalized spacial score (nSPS) is 17.2. The van der Waals surface area contributed by atoms with Gasteiger partial charge in [0, 0.05) is 35.8 Å². The summed E-state index contributed by atoms with van der Waals surface area (Å²) in [5.74, 6) is 0.574. The number of thiocarbonyl (C=S) groups is 1. The zero-order valence-electron chi connectivity index (χ0n) is 14.7. The molecule has 0 amide bonds. The molecule has 1 unspecified atom stereocenters. The van der Waals surface area contributed by atoms with Crippen LogP contribution in [0, 0.1) is 5.82 Å². The van der Waals surface area contributed by atoms with Crippen molar-refractivity contribution in [2.24, 2.45) is 0 Å². The van der Waals surface area contributed by atoms with Gasteiger partial charge in [0.25, 0.3) is 0 Å². The molecule has 1 fully saturated rings. The van der Waals surface area contributed by atoms with Gasteiger partial charge < -0.3 is 19.9 Å². The third-order valence-electron chi connectivity index (χ3n) is 4.49. The maximum absolute atomic E-state index is 13.2. The van der Waals surface area contributed by atoms with Crippen LogP contribution in [0.25, 0.3) is 0 Å². The lowest BCUT2D eigenvalue weighted by atomic mass is 10.1. The van der Waals surface area contributed by atoms with E-state index in [2.05, 4.69) is 50.1 Å². The van der Waals surface area contributed by atoms with Gasteiger partial charge in [0.05, 0.1) is 12.8 Å². The fourth-order valence-corrected chi connectivity index (χ4v) is 3.81. The summed E-state index contributed by atoms with van der Waals surface area (Å²) in [6, 6.07) is 13.0. The van der Waals surface area contributed by atoms with Gasteiger partial charge in [-0.1, -0.05) is 0 Å². The Morgan fingerprint density at radius 3 is 2.58 bits per heavy atom. The number of nitrogens with zero attached hydrogens (tertiary/aromatic N) is 2. The van der Waals surface area contributed by atoms with E-state index in [9.17, 15) is 4.39 Å². The minimum Gasteiger partial charge on any atom is -0.497 e. The first-order valence-electron chi connectivity index (χ1n) is 8.39. The van der Waals surface area contributed by atoms with Crippen molar-refractivity contribution in [2.75, 3.05) is 37.0 Å². The molecule has 26 heavy (non-hydrogen) atoms. The van der Waals surface area contributed by atoms with Gasteiger partial charge in [0.1, 0.15) is 11.6 Å². The van der Waals surface area contributed by atoms with Crippen LogP contribution in [0.2, 0.25) is 0 Å². The van der Waals surface area contributed by atoms with Crippen molar-refractivity contribution >= 4 is 44.6 Å². The number of rotatable bonds is 3. The average molecular weight is 438 g/mol. The molecule has 2 aromatic rings. The smallest absolute Gasteiger partial charge is 0.173 e. The second-order valence-corrected chi connectivity index (χ2v) is 7.48. The SMILES string of the molecule is COc1ccc(N2CCN(C(=S)Nc3ccc(F)cc3Br)CC2C)cc1. The molecule has 1 aliphatic rings. The van der Waals surface area contributed by atoms with Gasteiger partial charge in [-0.25, -0.2) is 4.39 Å². The highest BCUT2D eigenvalue weighted by molar-refractivity contribution is 9.10. The molecule has 1 N–H and O–H groups in total. The third-order valence-corrected chi connectivity index (χ3v) is 5.51. The van der Waals surface area contributed by atoms with Crippen molar-refractivity contribution in [3.63, 3.8) is 0 Å². The number of anilines is 2. The van der Waals surface area contributed by atoms with Crippen LogP contribution in [0.3, 0.4) is 0 Å². The van der Waals surface area contributed by atoms with Crippen LogP contribution in [-0.4, -0.2) is 42.8 Å². The maximum atomic E-state index is 13.2. The first kappa shape index (κ1) is 18.9. The van der Waals surface area contributed by atoms with E-state index in [1.165, 1.54) is 17.8 Å². The molecule has 0 aromatic heterocycles. The monoisotopic (exact) mass is 437 g/mol. The van der Waals surface area contributed by atoms with Crippen LogP contribution in [0.4, 0.5) is 15.8 Å².